The van der Waals surface area contributed by atoms with E-state index in [4.69, 9.17) is 4.52 Å². The van der Waals surface area contributed by atoms with Gasteiger partial charge in [-0.05, 0) is 18.4 Å². The summed E-state index contributed by atoms with van der Waals surface area (Å²) in [5.41, 5.74) is 0.857. The van der Waals surface area contributed by atoms with Crippen LogP contribution in [0.5, 0.6) is 0 Å². The molecule has 86 valence electrons. The molecule has 0 spiro atoms. The number of nitrogens with one attached hydrogen (secondary N) is 1. The first-order valence-corrected chi connectivity index (χ1v) is 5.98. The van der Waals surface area contributed by atoms with Crippen molar-refractivity contribution in [2.75, 3.05) is 6.54 Å². The Morgan fingerprint density at radius 3 is 3.12 bits per heavy atom. The van der Waals surface area contributed by atoms with E-state index in [0.717, 1.165) is 16.3 Å². The molecule has 2 rings (SSSR count). The molecule has 0 aliphatic rings. The summed E-state index contributed by atoms with van der Waals surface area (Å²) in [7, 11) is 0. The molecule has 2 N–H and O–H groups in total. The summed E-state index contributed by atoms with van der Waals surface area (Å²) in [4.78, 5) is 0.976. The van der Waals surface area contributed by atoms with E-state index >= 15 is 0 Å². The summed E-state index contributed by atoms with van der Waals surface area (Å²) < 4.78 is 4.94. The summed E-state index contributed by atoms with van der Waals surface area (Å²) in [6.07, 6.45) is -0.451. The summed E-state index contributed by atoms with van der Waals surface area (Å²) in [6.45, 7) is 2.99. The van der Waals surface area contributed by atoms with Crippen LogP contribution in [0.3, 0.4) is 0 Å². The maximum Gasteiger partial charge on any atom is 0.133 e. The molecule has 4 nitrogen and oxygen atoms in total. The maximum atomic E-state index is 9.80. The van der Waals surface area contributed by atoms with Crippen molar-refractivity contribution in [2.45, 2.75) is 19.6 Å². The summed E-state index contributed by atoms with van der Waals surface area (Å²) in [5.74, 6) is 0.801. The van der Waals surface area contributed by atoms with Crippen LogP contribution in [0.2, 0.25) is 0 Å². The molecular formula is C11H14N2O2S. The molecule has 0 fully saturated rings. The molecule has 16 heavy (non-hydrogen) atoms. The number of hydrogen-bond acceptors (Lipinski definition) is 5. The van der Waals surface area contributed by atoms with Crippen LogP contribution >= 0.6 is 11.3 Å². The molecule has 1 atom stereocenters. The number of aromatic nitrogens is 1. The smallest absolute Gasteiger partial charge is 0.133 e. The highest BCUT2D eigenvalue weighted by Crippen LogP contribution is 2.17. The van der Waals surface area contributed by atoms with Gasteiger partial charge < -0.3 is 14.9 Å². The van der Waals surface area contributed by atoms with Crippen molar-refractivity contribution in [1.82, 2.24) is 10.5 Å². The Hall–Kier alpha value is -1.17. The highest BCUT2D eigenvalue weighted by molar-refractivity contribution is 7.10. The monoisotopic (exact) mass is 238 g/mol. The van der Waals surface area contributed by atoms with Crippen LogP contribution in [0.1, 0.15) is 22.4 Å². The molecule has 2 aromatic heterocycles. The number of nitrogens with zero attached hydrogens (tertiary/aromatic N) is 1. The third-order valence-electron chi connectivity index (χ3n) is 2.19. The number of aryl methyl sites for hydroxylation is 1. The van der Waals surface area contributed by atoms with Gasteiger partial charge in [0.05, 0.1) is 5.69 Å². The Morgan fingerprint density at radius 1 is 1.62 bits per heavy atom. The molecule has 0 radical (unpaired) electrons. The van der Waals surface area contributed by atoms with Crippen LogP contribution < -0.4 is 5.32 Å². The molecule has 0 aromatic carbocycles. The summed E-state index contributed by atoms with van der Waals surface area (Å²) in [5, 5.41) is 18.8. The van der Waals surface area contributed by atoms with Crippen LogP contribution in [-0.2, 0) is 6.54 Å². The second kappa shape index (κ2) is 5.25. The van der Waals surface area contributed by atoms with Crippen LogP contribution in [0, 0.1) is 6.92 Å². The lowest BCUT2D eigenvalue weighted by atomic mass is 10.3. The second-order valence-electron chi connectivity index (χ2n) is 3.59. The quantitative estimate of drug-likeness (QED) is 0.835. The molecule has 5 heteroatoms. The molecule has 0 aliphatic heterocycles. The highest BCUT2D eigenvalue weighted by atomic mass is 32.1. The van der Waals surface area contributed by atoms with Gasteiger partial charge in [-0.15, -0.1) is 11.3 Å². The number of hydrogen-bond donors (Lipinski definition) is 2. The first kappa shape index (κ1) is 11.3. The third kappa shape index (κ3) is 2.91. The van der Waals surface area contributed by atoms with E-state index in [1.165, 1.54) is 0 Å². The molecule has 0 saturated heterocycles. The minimum absolute atomic E-state index is 0.451. The Labute approximate surface area is 97.9 Å². The highest BCUT2D eigenvalue weighted by Gasteiger charge is 2.08. The summed E-state index contributed by atoms with van der Waals surface area (Å²) in [6, 6.07) is 5.74. The predicted octanol–water partition coefficient (Wildman–Crippen LogP) is 1.87. The van der Waals surface area contributed by atoms with Gasteiger partial charge in [0.25, 0.3) is 0 Å². The van der Waals surface area contributed by atoms with Crippen molar-refractivity contribution in [3.05, 3.63) is 39.9 Å². The van der Waals surface area contributed by atoms with Gasteiger partial charge in [-0.1, -0.05) is 11.2 Å². The number of aliphatic hydroxyl groups excluding tert-OH is 1. The molecule has 2 aromatic rings. The molecule has 1 unspecified atom stereocenters. The normalized spacial score (nSPS) is 12.9. The zero-order valence-electron chi connectivity index (χ0n) is 9.01. The standard InChI is InChI=1S/C11H14N2O2S/c1-8-5-9(13-15-8)6-12-7-10(14)11-3-2-4-16-11/h2-5,10,12,14H,6-7H2,1H3. The summed E-state index contributed by atoms with van der Waals surface area (Å²) >= 11 is 1.56. The molecule has 2 heterocycles. The lowest BCUT2D eigenvalue weighted by molar-refractivity contribution is 0.177. The Kier molecular flexibility index (Phi) is 3.71. The largest absolute Gasteiger partial charge is 0.386 e. The first-order valence-electron chi connectivity index (χ1n) is 5.10. The van der Waals surface area contributed by atoms with Gasteiger partial charge in [0.1, 0.15) is 11.9 Å². The van der Waals surface area contributed by atoms with Gasteiger partial charge >= 0.3 is 0 Å². The van der Waals surface area contributed by atoms with Gasteiger partial charge in [0, 0.05) is 24.0 Å². The zero-order chi connectivity index (χ0) is 11.4. The fourth-order valence-corrected chi connectivity index (χ4v) is 2.13. The van der Waals surface area contributed by atoms with Crippen molar-refractivity contribution in [1.29, 1.82) is 0 Å². The van der Waals surface area contributed by atoms with E-state index in [9.17, 15) is 5.11 Å². The average Bonchev–Trinajstić information content (AvgIpc) is 2.89. The maximum absolute atomic E-state index is 9.80. The van der Waals surface area contributed by atoms with Crippen molar-refractivity contribution >= 4 is 11.3 Å². The molecule has 0 aliphatic carbocycles. The molecular weight excluding hydrogens is 224 g/mol. The topological polar surface area (TPSA) is 58.3 Å². The van der Waals surface area contributed by atoms with Crippen LogP contribution in [-0.4, -0.2) is 16.8 Å². The van der Waals surface area contributed by atoms with E-state index in [0.29, 0.717) is 13.1 Å². The Bertz CT molecular complexity index is 425. The minimum atomic E-state index is -0.451. The van der Waals surface area contributed by atoms with E-state index in [1.807, 2.05) is 30.5 Å². The Morgan fingerprint density at radius 2 is 2.50 bits per heavy atom. The van der Waals surface area contributed by atoms with Crippen molar-refractivity contribution < 1.29 is 9.63 Å². The minimum Gasteiger partial charge on any atom is -0.386 e. The van der Waals surface area contributed by atoms with E-state index in [1.54, 1.807) is 11.3 Å². The van der Waals surface area contributed by atoms with E-state index in [2.05, 4.69) is 10.5 Å². The lowest BCUT2D eigenvalue weighted by Gasteiger charge is -2.08. The van der Waals surface area contributed by atoms with Crippen LogP contribution in [0.15, 0.2) is 28.1 Å². The van der Waals surface area contributed by atoms with E-state index < -0.39 is 6.10 Å². The van der Waals surface area contributed by atoms with Gasteiger partial charge in [-0.2, -0.15) is 0 Å². The average molecular weight is 238 g/mol. The van der Waals surface area contributed by atoms with Crippen LogP contribution in [0.4, 0.5) is 0 Å². The lowest BCUT2D eigenvalue weighted by Crippen LogP contribution is -2.20. The van der Waals surface area contributed by atoms with Crippen molar-refractivity contribution in [3.8, 4) is 0 Å². The molecule has 0 bridgehead atoms. The van der Waals surface area contributed by atoms with Crippen LogP contribution in [0.25, 0.3) is 0 Å². The van der Waals surface area contributed by atoms with Crippen molar-refractivity contribution in [2.24, 2.45) is 0 Å². The Balaban J connectivity index is 1.76. The van der Waals surface area contributed by atoms with Gasteiger partial charge in [0.2, 0.25) is 0 Å². The van der Waals surface area contributed by atoms with Gasteiger partial charge in [-0.3, -0.25) is 0 Å². The van der Waals surface area contributed by atoms with Gasteiger partial charge in [-0.25, -0.2) is 0 Å². The van der Waals surface area contributed by atoms with Crippen molar-refractivity contribution in [3.63, 3.8) is 0 Å². The SMILES string of the molecule is Cc1cc(CNCC(O)c2cccs2)no1. The fourth-order valence-electron chi connectivity index (χ4n) is 1.42. The second-order valence-corrected chi connectivity index (χ2v) is 4.57. The number of aliphatic hydroxyl groups is 1. The molecule has 0 saturated carbocycles. The van der Waals surface area contributed by atoms with E-state index in [-0.39, 0.29) is 0 Å². The molecule has 0 amide bonds. The fraction of sp³-hybridized carbons (Fsp3) is 0.364. The number of thiophene rings is 1. The number of rotatable bonds is 5. The first-order chi connectivity index (χ1) is 7.75. The third-order valence-corrected chi connectivity index (χ3v) is 3.17. The predicted molar refractivity (Wildman–Crippen MR) is 62.2 cm³/mol. The van der Waals surface area contributed by atoms with Gasteiger partial charge in [0.15, 0.2) is 0 Å². The zero-order valence-corrected chi connectivity index (χ0v) is 9.83.